The molecule has 0 spiro atoms. The number of benzene rings is 4. The van der Waals surface area contributed by atoms with Gasteiger partial charge in [-0.15, -0.1) is 0 Å². The Labute approximate surface area is 292 Å². The van der Waals surface area contributed by atoms with E-state index >= 15 is 0 Å². The van der Waals surface area contributed by atoms with Gasteiger partial charge in [-0.1, -0.05) is 48.2 Å². The zero-order chi connectivity index (χ0) is 35.7. The lowest BCUT2D eigenvalue weighted by Crippen LogP contribution is -2.36. The number of ether oxygens (including phenoxy) is 3. The second kappa shape index (κ2) is 13.5. The Morgan fingerprint density at radius 1 is 0.510 bits per heavy atom. The molecular weight excluding hydrogens is 639 g/mol. The molecule has 10 heteroatoms. The number of anilines is 6. The van der Waals surface area contributed by atoms with Gasteiger partial charge >= 0.3 is 18.3 Å². The van der Waals surface area contributed by atoms with E-state index < -0.39 is 35.1 Å². The monoisotopic (exact) mass is 681 g/mol. The predicted octanol–water partition coefficient (Wildman–Crippen LogP) is 11.4. The molecule has 9 nitrogen and oxygen atoms in total. The number of para-hydroxylation sites is 2. The summed E-state index contributed by atoms with van der Waals surface area (Å²) < 4.78 is 17.5. The number of fused-ring (bicyclic) bond motifs is 2. The molecule has 49 heavy (non-hydrogen) atoms. The summed E-state index contributed by atoms with van der Waals surface area (Å²) in [6, 6.07) is 29.4. The highest BCUT2D eigenvalue weighted by atomic mass is 32.2. The van der Waals surface area contributed by atoms with Gasteiger partial charge < -0.3 is 14.2 Å². The molecule has 4 aromatic rings. The molecule has 256 valence electrons. The van der Waals surface area contributed by atoms with Gasteiger partial charge in [-0.05, 0) is 123 Å². The highest BCUT2D eigenvalue weighted by Crippen LogP contribution is 2.51. The Morgan fingerprint density at radius 2 is 0.878 bits per heavy atom. The summed E-state index contributed by atoms with van der Waals surface area (Å²) in [5, 5.41) is 0. The minimum Gasteiger partial charge on any atom is -0.443 e. The minimum atomic E-state index is -0.760. The third-order valence-electron chi connectivity index (χ3n) is 6.86. The van der Waals surface area contributed by atoms with Gasteiger partial charge in [0.15, 0.2) is 0 Å². The molecule has 0 fully saturated rings. The predicted molar refractivity (Wildman–Crippen MR) is 195 cm³/mol. The fourth-order valence-electron chi connectivity index (χ4n) is 5.06. The molecule has 0 unspecified atom stereocenters. The van der Waals surface area contributed by atoms with Gasteiger partial charge in [-0.25, -0.2) is 29.1 Å². The molecule has 0 aromatic heterocycles. The van der Waals surface area contributed by atoms with Gasteiger partial charge in [0.2, 0.25) is 0 Å². The molecule has 4 aromatic carbocycles. The first-order chi connectivity index (χ1) is 22.9. The van der Waals surface area contributed by atoms with Crippen LogP contribution in [0, 0.1) is 0 Å². The lowest BCUT2D eigenvalue weighted by Gasteiger charge is -2.34. The molecule has 3 amide bonds. The number of carbonyl (C=O) groups excluding carboxylic acids is 3. The maximum Gasteiger partial charge on any atom is 0.419 e. The third-order valence-corrected chi connectivity index (χ3v) is 7.96. The van der Waals surface area contributed by atoms with Crippen molar-refractivity contribution in [3.8, 4) is 0 Å². The van der Waals surface area contributed by atoms with E-state index in [0.29, 0.717) is 43.9 Å². The average Bonchev–Trinajstić information content (AvgIpc) is 2.98. The molecule has 5 rings (SSSR count). The Balaban J connectivity index is 1.64. The topological polar surface area (TPSA) is 88.6 Å². The fraction of sp³-hybridized carbons (Fsp3) is 0.308. The molecule has 0 saturated carbocycles. The Kier molecular flexibility index (Phi) is 9.75. The smallest absolute Gasteiger partial charge is 0.419 e. The highest BCUT2D eigenvalue weighted by molar-refractivity contribution is 7.99. The maximum atomic E-state index is 13.9. The van der Waals surface area contributed by atoms with Crippen LogP contribution in [0.1, 0.15) is 62.3 Å². The van der Waals surface area contributed by atoms with Crippen LogP contribution in [0.3, 0.4) is 0 Å². The van der Waals surface area contributed by atoms with Gasteiger partial charge in [0.1, 0.15) is 16.8 Å². The summed E-state index contributed by atoms with van der Waals surface area (Å²) in [7, 11) is 0. The van der Waals surface area contributed by atoms with Crippen LogP contribution < -0.4 is 14.7 Å². The normalized spacial score (nSPS) is 12.7. The van der Waals surface area contributed by atoms with Crippen LogP contribution in [0.2, 0.25) is 0 Å². The standard InChI is InChI=1S/C39H43N3O6S/c1-37(2,3)46-34(43)40(26-16-12-10-13-17-26)28-20-22-30-32(24-28)49-33-25-29(21-23-31(33)42(30)36(45)48-39(7,8)9)41(27-18-14-11-15-19-27)35(44)47-38(4,5)6/h10-25H,1-9H3. The van der Waals surface area contributed by atoms with E-state index in [9.17, 15) is 14.4 Å². The lowest BCUT2D eigenvalue weighted by molar-refractivity contribution is 0.0585. The summed E-state index contributed by atoms with van der Waals surface area (Å²) in [5.41, 5.74) is 1.32. The van der Waals surface area contributed by atoms with E-state index in [-0.39, 0.29) is 0 Å². The maximum absolute atomic E-state index is 13.9. The van der Waals surface area contributed by atoms with Gasteiger partial charge in [-0.2, -0.15) is 0 Å². The van der Waals surface area contributed by atoms with Crippen LogP contribution >= 0.6 is 11.8 Å². The molecule has 0 aliphatic carbocycles. The number of amides is 3. The Hall–Kier alpha value is -4.96. The van der Waals surface area contributed by atoms with E-state index in [1.807, 2.05) is 135 Å². The number of nitrogens with zero attached hydrogens (tertiary/aromatic N) is 3. The molecule has 0 atom stereocenters. The molecule has 1 aliphatic rings. The molecular formula is C39H43N3O6S. The molecule has 0 bridgehead atoms. The first-order valence-electron chi connectivity index (χ1n) is 16.1. The Morgan fingerprint density at radius 3 is 1.22 bits per heavy atom. The van der Waals surface area contributed by atoms with Crippen molar-refractivity contribution in [2.45, 2.75) is 88.9 Å². The van der Waals surface area contributed by atoms with Crippen molar-refractivity contribution in [2.75, 3.05) is 14.7 Å². The van der Waals surface area contributed by atoms with E-state index in [0.717, 1.165) is 0 Å². The van der Waals surface area contributed by atoms with Crippen molar-refractivity contribution in [1.82, 2.24) is 0 Å². The van der Waals surface area contributed by atoms with Crippen LogP contribution in [-0.2, 0) is 14.2 Å². The Bertz CT molecular complexity index is 1720. The van der Waals surface area contributed by atoms with Crippen LogP contribution in [0.25, 0.3) is 0 Å². The van der Waals surface area contributed by atoms with Crippen LogP contribution in [0.4, 0.5) is 48.5 Å². The first-order valence-corrected chi connectivity index (χ1v) is 16.9. The van der Waals surface area contributed by atoms with Crippen molar-refractivity contribution < 1.29 is 28.6 Å². The molecule has 0 N–H and O–H groups in total. The summed E-state index contributed by atoms with van der Waals surface area (Å²) in [6.45, 7) is 16.4. The van der Waals surface area contributed by atoms with Gasteiger partial charge in [0, 0.05) is 9.79 Å². The quantitative estimate of drug-likeness (QED) is 0.198. The zero-order valence-electron chi connectivity index (χ0n) is 29.4. The highest BCUT2D eigenvalue weighted by Gasteiger charge is 2.35. The lowest BCUT2D eigenvalue weighted by atomic mass is 10.1. The second-order valence-corrected chi connectivity index (χ2v) is 15.6. The molecule has 1 aliphatic heterocycles. The summed E-state index contributed by atoms with van der Waals surface area (Å²) in [5.74, 6) is 0. The summed E-state index contributed by atoms with van der Waals surface area (Å²) in [4.78, 5) is 47.1. The van der Waals surface area contributed by atoms with Crippen LogP contribution in [-0.4, -0.2) is 35.1 Å². The zero-order valence-corrected chi connectivity index (χ0v) is 30.3. The molecule has 0 radical (unpaired) electrons. The number of hydrogen-bond acceptors (Lipinski definition) is 7. The SMILES string of the molecule is CC(C)(C)OC(=O)N(c1ccccc1)c1ccc2c(c1)Sc1cc(N(C(=O)OC(C)(C)C)c3ccccc3)ccc1N2C(=O)OC(C)(C)C. The molecule has 1 heterocycles. The van der Waals surface area contributed by atoms with Crippen molar-refractivity contribution in [3.05, 3.63) is 97.1 Å². The minimum absolute atomic E-state index is 0.540. The number of carbonyl (C=O) groups is 3. The largest absolute Gasteiger partial charge is 0.443 e. The van der Waals surface area contributed by atoms with Crippen LogP contribution in [0.15, 0.2) is 107 Å². The fourth-order valence-corrected chi connectivity index (χ4v) is 6.18. The number of hydrogen-bond donors (Lipinski definition) is 0. The average molecular weight is 682 g/mol. The summed E-state index contributed by atoms with van der Waals surface area (Å²) >= 11 is 1.42. The number of rotatable bonds is 4. The van der Waals surface area contributed by atoms with E-state index in [2.05, 4.69) is 0 Å². The third kappa shape index (κ3) is 8.56. The van der Waals surface area contributed by atoms with Gasteiger partial charge in [0.05, 0.1) is 34.1 Å². The van der Waals surface area contributed by atoms with E-state index in [4.69, 9.17) is 14.2 Å². The van der Waals surface area contributed by atoms with Crippen molar-refractivity contribution >= 4 is 64.2 Å². The van der Waals surface area contributed by atoms with E-state index in [1.54, 1.807) is 24.3 Å². The summed E-state index contributed by atoms with van der Waals surface area (Å²) in [6.07, 6.45) is -1.64. The van der Waals surface area contributed by atoms with Gasteiger partial charge in [-0.3, -0.25) is 0 Å². The van der Waals surface area contributed by atoms with E-state index in [1.165, 1.54) is 26.5 Å². The van der Waals surface area contributed by atoms with Crippen molar-refractivity contribution in [3.63, 3.8) is 0 Å². The van der Waals surface area contributed by atoms with Gasteiger partial charge in [0.25, 0.3) is 0 Å². The van der Waals surface area contributed by atoms with Crippen LogP contribution in [0.5, 0.6) is 0 Å². The van der Waals surface area contributed by atoms with Crippen molar-refractivity contribution in [2.24, 2.45) is 0 Å². The molecule has 0 saturated heterocycles. The first kappa shape index (κ1) is 35.3. The van der Waals surface area contributed by atoms with Crippen molar-refractivity contribution in [1.29, 1.82) is 0 Å². The second-order valence-electron chi connectivity index (χ2n) is 14.5.